The molecule has 17 heavy (non-hydrogen) atoms. The summed E-state index contributed by atoms with van der Waals surface area (Å²) >= 11 is 0. The van der Waals surface area contributed by atoms with E-state index in [1.807, 2.05) is 19.0 Å². The smallest absolute Gasteiger partial charge is 0.229 e. The number of carbonyl (C=O) groups is 1. The van der Waals surface area contributed by atoms with Crippen molar-refractivity contribution in [2.75, 3.05) is 27.2 Å². The average Bonchev–Trinajstić information content (AvgIpc) is 2.20. The molecule has 0 atom stereocenters. The van der Waals surface area contributed by atoms with Gasteiger partial charge in [-0.1, -0.05) is 25.7 Å². The summed E-state index contributed by atoms with van der Waals surface area (Å²) in [5.41, 5.74) is -0.0664. The fourth-order valence-electron chi connectivity index (χ4n) is 3.07. The summed E-state index contributed by atoms with van der Waals surface area (Å²) in [6.07, 6.45) is 8.71. The Balaban J connectivity index is 1.80. The third-order valence-electron chi connectivity index (χ3n) is 4.72. The van der Waals surface area contributed by atoms with Crippen LogP contribution in [0.15, 0.2) is 0 Å². The number of nitrogens with one attached hydrogen (secondary N) is 1. The fourth-order valence-corrected chi connectivity index (χ4v) is 3.07. The molecule has 2 rings (SSSR count). The van der Waals surface area contributed by atoms with Crippen LogP contribution in [0.3, 0.4) is 0 Å². The maximum absolute atomic E-state index is 12.4. The van der Waals surface area contributed by atoms with E-state index >= 15 is 0 Å². The standard InChI is InChI=1S/C14H26N2O/c1-15-11-14(8-4-9-14)13(17)16(2)10-7-12-5-3-6-12/h12,15H,3-11H2,1-2H3. The van der Waals surface area contributed by atoms with Crippen LogP contribution >= 0.6 is 0 Å². The molecule has 0 spiro atoms. The molecule has 0 aromatic heterocycles. The lowest BCUT2D eigenvalue weighted by molar-refractivity contribution is -0.145. The molecular weight excluding hydrogens is 212 g/mol. The zero-order valence-electron chi connectivity index (χ0n) is 11.3. The molecule has 1 N–H and O–H groups in total. The molecule has 0 radical (unpaired) electrons. The van der Waals surface area contributed by atoms with Gasteiger partial charge < -0.3 is 10.2 Å². The molecule has 2 aliphatic rings. The topological polar surface area (TPSA) is 32.3 Å². The van der Waals surface area contributed by atoms with Crippen LogP contribution in [0.2, 0.25) is 0 Å². The Labute approximate surface area is 105 Å². The van der Waals surface area contributed by atoms with Crippen LogP contribution in [-0.2, 0) is 4.79 Å². The van der Waals surface area contributed by atoms with E-state index in [1.165, 1.54) is 32.1 Å². The summed E-state index contributed by atoms with van der Waals surface area (Å²) in [7, 11) is 3.93. The first-order valence-corrected chi connectivity index (χ1v) is 7.08. The van der Waals surface area contributed by atoms with Gasteiger partial charge in [-0.05, 0) is 32.2 Å². The molecule has 0 aromatic rings. The molecule has 0 aliphatic heterocycles. The number of hydrogen-bond donors (Lipinski definition) is 1. The van der Waals surface area contributed by atoms with Crippen LogP contribution in [0.5, 0.6) is 0 Å². The highest BCUT2D eigenvalue weighted by Gasteiger charge is 2.44. The first-order chi connectivity index (χ1) is 8.18. The van der Waals surface area contributed by atoms with Crippen LogP contribution in [0.1, 0.15) is 44.9 Å². The number of rotatable bonds is 6. The molecule has 3 nitrogen and oxygen atoms in total. The zero-order chi connectivity index (χ0) is 12.3. The van der Waals surface area contributed by atoms with E-state index in [-0.39, 0.29) is 5.41 Å². The van der Waals surface area contributed by atoms with Crippen molar-refractivity contribution in [1.82, 2.24) is 10.2 Å². The molecule has 0 saturated heterocycles. The number of hydrogen-bond acceptors (Lipinski definition) is 2. The first kappa shape index (κ1) is 12.9. The highest BCUT2D eigenvalue weighted by molar-refractivity contribution is 5.83. The maximum atomic E-state index is 12.4. The van der Waals surface area contributed by atoms with E-state index in [1.54, 1.807) is 0 Å². The molecule has 2 saturated carbocycles. The van der Waals surface area contributed by atoms with Gasteiger partial charge >= 0.3 is 0 Å². The van der Waals surface area contributed by atoms with E-state index < -0.39 is 0 Å². The van der Waals surface area contributed by atoms with Crippen LogP contribution in [0, 0.1) is 11.3 Å². The van der Waals surface area contributed by atoms with Crippen LogP contribution in [0.25, 0.3) is 0 Å². The Morgan fingerprint density at radius 1 is 1.35 bits per heavy atom. The van der Waals surface area contributed by atoms with Crippen LogP contribution in [0.4, 0.5) is 0 Å². The second-order valence-corrected chi connectivity index (χ2v) is 5.98. The van der Waals surface area contributed by atoms with Crippen molar-refractivity contribution in [3.05, 3.63) is 0 Å². The van der Waals surface area contributed by atoms with Gasteiger partial charge in [0.15, 0.2) is 0 Å². The molecule has 0 bridgehead atoms. The lowest BCUT2D eigenvalue weighted by Crippen LogP contribution is -2.51. The van der Waals surface area contributed by atoms with Gasteiger partial charge in [-0.15, -0.1) is 0 Å². The highest BCUT2D eigenvalue weighted by Crippen LogP contribution is 2.42. The minimum absolute atomic E-state index is 0.0664. The Kier molecular flexibility index (Phi) is 4.08. The van der Waals surface area contributed by atoms with Gasteiger partial charge in [-0.2, -0.15) is 0 Å². The second kappa shape index (κ2) is 5.38. The number of carbonyl (C=O) groups excluding carboxylic acids is 1. The summed E-state index contributed by atoms with van der Waals surface area (Å²) in [5, 5.41) is 3.19. The minimum Gasteiger partial charge on any atom is -0.345 e. The summed E-state index contributed by atoms with van der Waals surface area (Å²) < 4.78 is 0. The average molecular weight is 238 g/mol. The largest absolute Gasteiger partial charge is 0.345 e. The predicted molar refractivity (Wildman–Crippen MR) is 69.8 cm³/mol. The van der Waals surface area contributed by atoms with Gasteiger partial charge in [-0.25, -0.2) is 0 Å². The minimum atomic E-state index is -0.0664. The Morgan fingerprint density at radius 3 is 2.47 bits per heavy atom. The summed E-state index contributed by atoms with van der Waals surface area (Å²) in [6.45, 7) is 1.80. The molecule has 0 aromatic carbocycles. The van der Waals surface area contributed by atoms with Crippen molar-refractivity contribution in [2.45, 2.75) is 44.9 Å². The summed E-state index contributed by atoms with van der Waals surface area (Å²) in [5.74, 6) is 1.27. The van der Waals surface area contributed by atoms with Gasteiger partial charge in [0.05, 0.1) is 5.41 Å². The van der Waals surface area contributed by atoms with Crippen molar-refractivity contribution in [3.8, 4) is 0 Å². The monoisotopic (exact) mass is 238 g/mol. The summed E-state index contributed by atoms with van der Waals surface area (Å²) in [4.78, 5) is 14.4. The van der Waals surface area contributed by atoms with E-state index in [9.17, 15) is 4.79 Å². The number of amides is 1. The molecular formula is C14H26N2O. The van der Waals surface area contributed by atoms with Gasteiger partial charge in [0.1, 0.15) is 0 Å². The SMILES string of the molecule is CNCC1(C(=O)N(C)CCC2CCC2)CCC1. The second-order valence-electron chi connectivity index (χ2n) is 5.98. The first-order valence-electron chi connectivity index (χ1n) is 7.08. The Hall–Kier alpha value is -0.570. The maximum Gasteiger partial charge on any atom is 0.229 e. The van der Waals surface area contributed by atoms with Crippen molar-refractivity contribution in [2.24, 2.45) is 11.3 Å². The summed E-state index contributed by atoms with van der Waals surface area (Å²) in [6, 6.07) is 0. The van der Waals surface area contributed by atoms with Crippen LogP contribution in [-0.4, -0.2) is 38.0 Å². The molecule has 0 heterocycles. The van der Waals surface area contributed by atoms with E-state index in [0.717, 1.165) is 31.8 Å². The van der Waals surface area contributed by atoms with Crippen molar-refractivity contribution in [3.63, 3.8) is 0 Å². The third kappa shape index (κ3) is 2.65. The molecule has 0 unspecified atom stereocenters. The molecule has 2 fully saturated rings. The van der Waals surface area contributed by atoms with E-state index in [4.69, 9.17) is 0 Å². The molecule has 1 amide bonds. The van der Waals surface area contributed by atoms with Gasteiger partial charge in [-0.3, -0.25) is 4.79 Å². The van der Waals surface area contributed by atoms with Crippen LogP contribution < -0.4 is 5.32 Å². The van der Waals surface area contributed by atoms with E-state index in [0.29, 0.717) is 5.91 Å². The molecule has 98 valence electrons. The molecule has 3 heteroatoms. The van der Waals surface area contributed by atoms with E-state index in [2.05, 4.69) is 5.32 Å². The lowest BCUT2D eigenvalue weighted by atomic mass is 9.67. The normalized spacial score (nSPS) is 22.7. The zero-order valence-corrected chi connectivity index (χ0v) is 11.3. The van der Waals surface area contributed by atoms with Crippen molar-refractivity contribution < 1.29 is 4.79 Å². The van der Waals surface area contributed by atoms with Crippen molar-refractivity contribution in [1.29, 1.82) is 0 Å². The third-order valence-corrected chi connectivity index (χ3v) is 4.72. The van der Waals surface area contributed by atoms with Gasteiger partial charge in [0, 0.05) is 20.1 Å². The highest BCUT2D eigenvalue weighted by atomic mass is 16.2. The molecule has 2 aliphatic carbocycles. The Bertz CT molecular complexity index is 269. The van der Waals surface area contributed by atoms with Crippen molar-refractivity contribution >= 4 is 5.91 Å². The van der Waals surface area contributed by atoms with Gasteiger partial charge in [0.25, 0.3) is 0 Å². The Morgan fingerprint density at radius 2 is 2.06 bits per heavy atom. The predicted octanol–water partition coefficient (Wildman–Crippen LogP) is 2.02. The quantitative estimate of drug-likeness (QED) is 0.768. The fraction of sp³-hybridized carbons (Fsp3) is 0.929. The van der Waals surface area contributed by atoms with Gasteiger partial charge in [0.2, 0.25) is 5.91 Å². The lowest BCUT2D eigenvalue weighted by Gasteiger charge is -2.43. The number of nitrogens with zero attached hydrogens (tertiary/aromatic N) is 1.